The molecule has 3 fully saturated rings. The Morgan fingerprint density at radius 2 is 1.95 bits per heavy atom. The fourth-order valence-electron chi connectivity index (χ4n) is 4.16. The van der Waals surface area contributed by atoms with E-state index in [1.165, 1.54) is 0 Å². The van der Waals surface area contributed by atoms with Crippen LogP contribution in [0.4, 0.5) is 0 Å². The zero-order valence-electron chi connectivity index (χ0n) is 11.0. The predicted molar refractivity (Wildman–Crippen MR) is 68.7 cm³/mol. The van der Waals surface area contributed by atoms with Gasteiger partial charge in [-0.3, -0.25) is 4.79 Å². The molecule has 108 valence electrons. The number of hydrogen-bond acceptors (Lipinski definition) is 5. The van der Waals surface area contributed by atoms with Gasteiger partial charge in [-0.1, -0.05) is 0 Å². The van der Waals surface area contributed by atoms with Gasteiger partial charge in [0.25, 0.3) is 0 Å². The number of piperidine rings is 1. The first-order valence-electron chi connectivity index (χ1n) is 6.71. The van der Waals surface area contributed by atoms with Crippen molar-refractivity contribution in [2.45, 2.75) is 50.3 Å². The lowest BCUT2D eigenvalue weighted by atomic mass is 9.70. The number of esters is 1. The highest BCUT2D eigenvalue weighted by molar-refractivity contribution is 7.89. The highest BCUT2D eigenvalue weighted by Gasteiger charge is 2.57. The molecule has 0 radical (unpaired) electrons. The number of nitrogens with zero attached hydrogens (tertiary/aromatic N) is 1. The molecule has 2 N–H and O–H groups in total. The Balaban J connectivity index is 1.87. The van der Waals surface area contributed by atoms with Crippen molar-refractivity contribution in [1.29, 1.82) is 0 Å². The van der Waals surface area contributed by atoms with Crippen LogP contribution in [0, 0.1) is 5.41 Å². The monoisotopic (exact) mass is 288 g/mol. The third kappa shape index (κ3) is 2.28. The van der Waals surface area contributed by atoms with Gasteiger partial charge in [0.05, 0.1) is 6.42 Å². The molecule has 3 aliphatic heterocycles. The van der Waals surface area contributed by atoms with Crippen LogP contribution in [-0.4, -0.2) is 50.3 Å². The molecule has 0 aromatic carbocycles. The van der Waals surface area contributed by atoms with Gasteiger partial charge in [-0.15, -0.1) is 0 Å². The van der Waals surface area contributed by atoms with Gasteiger partial charge in [-0.05, 0) is 32.7 Å². The van der Waals surface area contributed by atoms with Gasteiger partial charge < -0.3 is 9.64 Å². The van der Waals surface area contributed by atoms with Crippen molar-refractivity contribution in [1.82, 2.24) is 4.90 Å². The SMILES string of the molecule is CN1C2CCC1CC1(CC(=O)OC1CS(N)(=O)=O)C2. The number of ether oxygens (including phenoxy) is 1. The number of nitrogens with two attached hydrogens (primary N) is 1. The maximum Gasteiger partial charge on any atom is 0.306 e. The van der Waals surface area contributed by atoms with E-state index >= 15 is 0 Å². The van der Waals surface area contributed by atoms with E-state index in [1.54, 1.807) is 0 Å². The summed E-state index contributed by atoms with van der Waals surface area (Å²) in [5, 5.41) is 5.13. The van der Waals surface area contributed by atoms with Crippen LogP contribution >= 0.6 is 0 Å². The van der Waals surface area contributed by atoms with Crippen LogP contribution in [0.5, 0.6) is 0 Å². The minimum atomic E-state index is -3.63. The fourth-order valence-corrected chi connectivity index (χ4v) is 5.00. The normalized spacial score (nSPS) is 42.8. The van der Waals surface area contributed by atoms with Crippen LogP contribution in [-0.2, 0) is 19.6 Å². The van der Waals surface area contributed by atoms with E-state index in [1.807, 2.05) is 0 Å². The first-order valence-corrected chi connectivity index (χ1v) is 8.42. The summed E-state index contributed by atoms with van der Waals surface area (Å²) >= 11 is 0. The zero-order chi connectivity index (χ0) is 13.8. The first kappa shape index (κ1) is 13.3. The van der Waals surface area contributed by atoms with Gasteiger partial charge in [-0.2, -0.15) is 0 Å². The predicted octanol–water partition coefficient (Wildman–Crippen LogP) is -0.167. The summed E-state index contributed by atoms with van der Waals surface area (Å²) in [5.74, 6) is -0.528. The maximum atomic E-state index is 11.7. The summed E-state index contributed by atoms with van der Waals surface area (Å²) in [6.07, 6.45) is 3.70. The Hall–Kier alpha value is -0.660. The number of carbonyl (C=O) groups is 1. The minimum absolute atomic E-state index is 0.248. The average molecular weight is 288 g/mol. The standard InChI is InChI=1S/C12H20N2O4S/c1-14-8-2-3-9(14)5-12(4-8)6-11(15)18-10(12)7-19(13,16)17/h8-10H,2-7H2,1H3,(H2,13,16,17). The molecule has 3 rings (SSSR count). The summed E-state index contributed by atoms with van der Waals surface area (Å²) in [6.45, 7) is 0. The lowest BCUT2D eigenvalue weighted by Gasteiger charge is -2.44. The number of carbonyl (C=O) groups excluding carboxylic acids is 1. The molecule has 6 nitrogen and oxygen atoms in total. The maximum absolute atomic E-state index is 11.7. The molecular formula is C12H20N2O4S. The Morgan fingerprint density at radius 1 is 1.37 bits per heavy atom. The van der Waals surface area contributed by atoms with E-state index in [9.17, 15) is 13.2 Å². The third-order valence-corrected chi connectivity index (χ3v) is 5.87. The second-order valence-electron chi connectivity index (χ2n) is 6.31. The summed E-state index contributed by atoms with van der Waals surface area (Å²) in [4.78, 5) is 14.0. The molecule has 19 heavy (non-hydrogen) atoms. The molecule has 3 atom stereocenters. The molecule has 0 saturated carbocycles. The highest BCUT2D eigenvalue weighted by Crippen LogP contribution is 2.52. The third-order valence-electron chi connectivity index (χ3n) is 5.11. The van der Waals surface area contributed by atoms with Crippen LogP contribution in [0.2, 0.25) is 0 Å². The summed E-state index contributed by atoms with van der Waals surface area (Å²) in [6, 6.07) is 0.882. The summed E-state index contributed by atoms with van der Waals surface area (Å²) in [5.41, 5.74) is -0.318. The molecule has 0 amide bonds. The van der Waals surface area contributed by atoms with E-state index in [-0.39, 0.29) is 17.1 Å². The average Bonchev–Trinajstić information content (AvgIpc) is 2.66. The first-order chi connectivity index (χ1) is 8.79. The number of primary sulfonamides is 1. The smallest absolute Gasteiger partial charge is 0.306 e. The summed E-state index contributed by atoms with van der Waals surface area (Å²) < 4.78 is 28.0. The highest BCUT2D eigenvalue weighted by atomic mass is 32.2. The number of fused-ring (bicyclic) bond motifs is 2. The second kappa shape index (κ2) is 4.17. The molecule has 0 aromatic heterocycles. The van der Waals surface area contributed by atoms with Gasteiger partial charge in [0, 0.05) is 17.5 Å². The van der Waals surface area contributed by atoms with E-state index in [2.05, 4.69) is 11.9 Å². The van der Waals surface area contributed by atoms with Crippen molar-refractivity contribution in [2.75, 3.05) is 12.8 Å². The van der Waals surface area contributed by atoms with Crippen molar-refractivity contribution in [3.05, 3.63) is 0 Å². The fraction of sp³-hybridized carbons (Fsp3) is 0.917. The Bertz CT molecular complexity index is 490. The quantitative estimate of drug-likeness (QED) is 0.713. The molecule has 7 heteroatoms. The Kier molecular flexibility index (Phi) is 2.92. The van der Waals surface area contributed by atoms with E-state index in [0.717, 1.165) is 25.7 Å². The molecule has 3 unspecified atom stereocenters. The van der Waals surface area contributed by atoms with Crippen molar-refractivity contribution >= 4 is 16.0 Å². The molecule has 0 aromatic rings. The van der Waals surface area contributed by atoms with Crippen molar-refractivity contribution < 1.29 is 17.9 Å². The number of rotatable bonds is 2. The van der Waals surface area contributed by atoms with Gasteiger partial charge in [0.1, 0.15) is 11.9 Å². The van der Waals surface area contributed by atoms with Gasteiger partial charge >= 0.3 is 5.97 Å². The molecule has 1 spiro atoms. The molecule has 3 aliphatic rings. The molecule has 3 saturated heterocycles. The van der Waals surface area contributed by atoms with Crippen LogP contribution in [0.3, 0.4) is 0 Å². The van der Waals surface area contributed by atoms with Gasteiger partial charge in [0.2, 0.25) is 10.0 Å². The van der Waals surface area contributed by atoms with Crippen molar-refractivity contribution in [3.8, 4) is 0 Å². The largest absolute Gasteiger partial charge is 0.461 e. The van der Waals surface area contributed by atoms with Crippen LogP contribution in [0.15, 0.2) is 0 Å². The molecule has 2 bridgehead atoms. The van der Waals surface area contributed by atoms with Crippen molar-refractivity contribution in [3.63, 3.8) is 0 Å². The van der Waals surface area contributed by atoms with Gasteiger partial charge in [0.15, 0.2) is 0 Å². The molecule has 0 aliphatic carbocycles. The Morgan fingerprint density at radius 3 is 2.47 bits per heavy atom. The van der Waals surface area contributed by atoms with Crippen LogP contribution in [0.25, 0.3) is 0 Å². The van der Waals surface area contributed by atoms with E-state index in [4.69, 9.17) is 9.88 Å². The van der Waals surface area contributed by atoms with Crippen LogP contribution < -0.4 is 5.14 Å². The van der Waals surface area contributed by atoms with Crippen molar-refractivity contribution in [2.24, 2.45) is 10.6 Å². The number of cyclic esters (lactones) is 1. The lowest BCUT2D eigenvalue weighted by Crippen LogP contribution is -2.50. The minimum Gasteiger partial charge on any atom is -0.461 e. The van der Waals surface area contributed by atoms with E-state index < -0.39 is 16.1 Å². The zero-order valence-corrected chi connectivity index (χ0v) is 11.9. The van der Waals surface area contributed by atoms with Gasteiger partial charge in [-0.25, -0.2) is 13.6 Å². The molecule has 3 heterocycles. The van der Waals surface area contributed by atoms with E-state index in [0.29, 0.717) is 18.5 Å². The number of hydrogen-bond donors (Lipinski definition) is 1. The summed E-state index contributed by atoms with van der Waals surface area (Å²) in [7, 11) is -1.51. The lowest BCUT2D eigenvalue weighted by molar-refractivity contribution is -0.141. The molecular weight excluding hydrogens is 268 g/mol. The van der Waals surface area contributed by atoms with Crippen LogP contribution in [0.1, 0.15) is 32.1 Å². The number of sulfonamides is 1. The topological polar surface area (TPSA) is 89.7 Å². The Labute approximate surface area is 113 Å². The second-order valence-corrected chi connectivity index (χ2v) is 7.96.